The highest BCUT2D eigenvalue weighted by Gasteiger charge is 2.23. The Balaban J connectivity index is 1.86. The summed E-state index contributed by atoms with van der Waals surface area (Å²) in [5, 5.41) is 13.5. The predicted molar refractivity (Wildman–Crippen MR) is 107 cm³/mol. The van der Waals surface area contributed by atoms with Crippen molar-refractivity contribution in [1.82, 2.24) is 10.2 Å². The Morgan fingerprint density at radius 1 is 1.26 bits per heavy atom. The van der Waals surface area contributed by atoms with Crippen LogP contribution in [0.25, 0.3) is 11.1 Å². The van der Waals surface area contributed by atoms with E-state index in [9.17, 15) is 9.90 Å². The maximum atomic E-state index is 12.3. The summed E-state index contributed by atoms with van der Waals surface area (Å²) in [6.45, 7) is 9.89. The van der Waals surface area contributed by atoms with Crippen molar-refractivity contribution in [3.63, 3.8) is 0 Å². The summed E-state index contributed by atoms with van der Waals surface area (Å²) in [6, 6.07) is 11.9. The van der Waals surface area contributed by atoms with E-state index in [1.54, 1.807) is 6.07 Å². The molecule has 0 unspecified atom stereocenters. The van der Waals surface area contributed by atoms with Gasteiger partial charge in [0.2, 0.25) is 5.91 Å². The normalized spacial score (nSPS) is 14.8. The van der Waals surface area contributed by atoms with E-state index in [0.29, 0.717) is 32.0 Å². The summed E-state index contributed by atoms with van der Waals surface area (Å²) < 4.78 is 5.79. The van der Waals surface area contributed by atoms with Crippen molar-refractivity contribution in [1.29, 1.82) is 0 Å². The van der Waals surface area contributed by atoms with Crippen LogP contribution in [0.1, 0.15) is 31.9 Å². The molecule has 0 aliphatic carbocycles. The number of carbonyl (C=O) groups is 1. The van der Waals surface area contributed by atoms with Gasteiger partial charge >= 0.3 is 0 Å². The second-order valence-corrected chi connectivity index (χ2v) is 8.16. The number of carbonyl (C=O) groups excluding carboxylic acids is 1. The summed E-state index contributed by atoms with van der Waals surface area (Å²) in [4.78, 5) is 14.4. The standard InChI is InChI=1S/C22H28N2O3/c1-15-7-5-6-8-18(15)16-11-17-13-24(14-20(26)23-22(2,3)4)9-10-27-21(17)19(25)12-16/h5-8,11-12,25H,9-10,13-14H2,1-4H3,(H,23,26). The van der Waals surface area contributed by atoms with Crippen LogP contribution in [0.4, 0.5) is 0 Å². The van der Waals surface area contributed by atoms with Crippen molar-refractivity contribution < 1.29 is 14.6 Å². The average Bonchev–Trinajstić information content (AvgIpc) is 2.75. The van der Waals surface area contributed by atoms with E-state index in [4.69, 9.17) is 4.74 Å². The molecule has 5 heteroatoms. The van der Waals surface area contributed by atoms with E-state index in [0.717, 1.165) is 22.3 Å². The van der Waals surface area contributed by atoms with Gasteiger partial charge in [0, 0.05) is 24.2 Å². The molecule has 144 valence electrons. The van der Waals surface area contributed by atoms with Gasteiger partial charge < -0.3 is 15.2 Å². The molecule has 0 saturated carbocycles. The van der Waals surface area contributed by atoms with Gasteiger partial charge in [-0.05, 0) is 56.5 Å². The fraction of sp³-hybridized carbons (Fsp3) is 0.409. The van der Waals surface area contributed by atoms with Gasteiger partial charge in [0.15, 0.2) is 11.5 Å². The van der Waals surface area contributed by atoms with E-state index < -0.39 is 0 Å². The van der Waals surface area contributed by atoms with Crippen LogP contribution in [0.2, 0.25) is 0 Å². The number of benzene rings is 2. The lowest BCUT2D eigenvalue weighted by Gasteiger charge is -2.24. The molecule has 0 fully saturated rings. The Hall–Kier alpha value is -2.53. The summed E-state index contributed by atoms with van der Waals surface area (Å²) in [5.74, 6) is 0.656. The van der Waals surface area contributed by atoms with Gasteiger partial charge in [0.1, 0.15) is 6.61 Å². The lowest BCUT2D eigenvalue weighted by atomic mass is 9.98. The molecular formula is C22H28N2O3. The zero-order valence-electron chi connectivity index (χ0n) is 16.5. The van der Waals surface area contributed by atoms with E-state index >= 15 is 0 Å². The van der Waals surface area contributed by atoms with E-state index in [1.165, 1.54) is 0 Å². The number of nitrogens with zero attached hydrogens (tertiary/aromatic N) is 1. The van der Waals surface area contributed by atoms with Crippen molar-refractivity contribution in [2.24, 2.45) is 0 Å². The van der Waals surface area contributed by atoms with Gasteiger partial charge in [-0.15, -0.1) is 0 Å². The molecule has 3 rings (SSSR count). The highest BCUT2D eigenvalue weighted by molar-refractivity contribution is 5.79. The quantitative estimate of drug-likeness (QED) is 0.871. The van der Waals surface area contributed by atoms with Gasteiger partial charge in [-0.25, -0.2) is 0 Å². The first-order chi connectivity index (χ1) is 12.7. The molecule has 0 atom stereocenters. The minimum absolute atomic E-state index is 0.00905. The third-order valence-corrected chi connectivity index (χ3v) is 4.53. The monoisotopic (exact) mass is 368 g/mol. The number of hydrogen-bond acceptors (Lipinski definition) is 4. The topological polar surface area (TPSA) is 61.8 Å². The number of phenols is 1. The first kappa shape index (κ1) is 19.2. The Labute approximate surface area is 161 Å². The lowest BCUT2D eigenvalue weighted by molar-refractivity contribution is -0.123. The lowest BCUT2D eigenvalue weighted by Crippen LogP contribution is -2.46. The van der Waals surface area contributed by atoms with Crippen LogP contribution in [-0.4, -0.2) is 41.1 Å². The van der Waals surface area contributed by atoms with E-state index in [1.807, 2.05) is 43.9 Å². The van der Waals surface area contributed by atoms with Crippen LogP contribution >= 0.6 is 0 Å². The number of amides is 1. The van der Waals surface area contributed by atoms with Crippen molar-refractivity contribution in [3.8, 4) is 22.6 Å². The van der Waals surface area contributed by atoms with Gasteiger partial charge in [-0.2, -0.15) is 0 Å². The van der Waals surface area contributed by atoms with Crippen LogP contribution < -0.4 is 10.1 Å². The summed E-state index contributed by atoms with van der Waals surface area (Å²) >= 11 is 0. The van der Waals surface area contributed by atoms with Crippen LogP contribution in [0, 0.1) is 6.92 Å². The number of rotatable bonds is 3. The Bertz CT molecular complexity index is 840. The number of aryl methyl sites for hydroxylation is 1. The molecule has 0 spiro atoms. The molecule has 1 heterocycles. The zero-order chi connectivity index (χ0) is 19.6. The number of aromatic hydroxyl groups is 1. The molecule has 2 aromatic carbocycles. The number of hydrogen-bond donors (Lipinski definition) is 2. The Morgan fingerprint density at radius 2 is 2.00 bits per heavy atom. The third-order valence-electron chi connectivity index (χ3n) is 4.53. The second-order valence-electron chi connectivity index (χ2n) is 8.16. The van der Waals surface area contributed by atoms with Crippen molar-refractivity contribution in [3.05, 3.63) is 47.5 Å². The fourth-order valence-electron chi connectivity index (χ4n) is 3.40. The molecule has 2 N–H and O–H groups in total. The minimum Gasteiger partial charge on any atom is -0.504 e. The van der Waals surface area contributed by atoms with Gasteiger partial charge in [0.05, 0.1) is 6.54 Å². The Kier molecular flexibility index (Phi) is 5.42. The second kappa shape index (κ2) is 7.61. The largest absolute Gasteiger partial charge is 0.504 e. The fourth-order valence-corrected chi connectivity index (χ4v) is 3.40. The molecular weight excluding hydrogens is 340 g/mol. The summed E-state index contributed by atoms with van der Waals surface area (Å²) in [6.07, 6.45) is 0. The molecule has 1 aliphatic rings. The SMILES string of the molecule is Cc1ccccc1-c1cc(O)c2c(c1)CN(CC(=O)NC(C)(C)C)CCO2. The molecule has 1 amide bonds. The minimum atomic E-state index is -0.256. The molecule has 0 aromatic heterocycles. The Morgan fingerprint density at radius 3 is 2.70 bits per heavy atom. The molecule has 1 aliphatic heterocycles. The maximum absolute atomic E-state index is 12.3. The average molecular weight is 368 g/mol. The van der Waals surface area contributed by atoms with E-state index in [-0.39, 0.29) is 17.2 Å². The molecule has 0 saturated heterocycles. The van der Waals surface area contributed by atoms with Crippen LogP contribution in [0.5, 0.6) is 11.5 Å². The van der Waals surface area contributed by atoms with Gasteiger partial charge in [0.25, 0.3) is 0 Å². The first-order valence-electron chi connectivity index (χ1n) is 9.31. The molecule has 5 nitrogen and oxygen atoms in total. The smallest absolute Gasteiger partial charge is 0.234 e. The van der Waals surface area contributed by atoms with Crippen LogP contribution in [0.3, 0.4) is 0 Å². The van der Waals surface area contributed by atoms with Crippen molar-refractivity contribution in [2.75, 3.05) is 19.7 Å². The summed E-state index contributed by atoms with van der Waals surface area (Å²) in [5.41, 5.74) is 3.82. The number of phenolic OH excluding ortho intramolecular Hbond substituents is 1. The molecule has 0 bridgehead atoms. The molecule has 2 aromatic rings. The zero-order valence-corrected chi connectivity index (χ0v) is 16.5. The van der Waals surface area contributed by atoms with Crippen LogP contribution in [0.15, 0.2) is 36.4 Å². The maximum Gasteiger partial charge on any atom is 0.234 e. The predicted octanol–water partition coefficient (Wildman–Crippen LogP) is 3.48. The van der Waals surface area contributed by atoms with Crippen molar-refractivity contribution in [2.45, 2.75) is 39.8 Å². The van der Waals surface area contributed by atoms with Gasteiger partial charge in [-0.3, -0.25) is 9.69 Å². The summed E-state index contributed by atoms with van der Waals surface area (Å²) in [7, 11) is 0. The molecule has 0 radical (unpaired) electrons. The first-order valence-corrected chi connectivity index (χ1v) is 9.31. The highest BCUT2D eigenvalue weighted by Crippen LogP contribution is 2.38. The third kappa shape index (κ3) is 4.80. The number of nitrogens with one attached hydrogen (secondary N) is 1. The van der Waals surface area contributed by atoms with Gasteiger partial charge in [-0.1, -0.05) is 24.3 Å². The number of ether oxygens (including phenoxy) is 1. The molecule has 27 heavy (non-hydrogen) atoms. The number of fused-ring (bicyclic) bond motifs is 1. The van der Waals surface area contributed by atoms with Crippen molar-refractivity contribution >= 4 is 5.91 Å². The van der Waals surface area contributed by atoms with Crippen LogP contribution in [-0.2, 0) is 11.3 Å². The van der Waals surface area contributed by atoms with E-state index in [2.05, 4.69) is 24.4 Å². The highest BCUT2D eigenvalue weighted by atomic mass is 16.5.